The van der Waals surface area contributed by atoms with Gasteiger partial charge in [0.1, 0.15) is 10.7 Å². The van der Waals surface area contributed by atoms with E-state index < -0.39 is 10.0 Å². The van der Waals surface area contributed by atoms with Crippen LogP contribution in [-0.4, -0.2) is 65.7 Å². The van der Waals surface area contributed by atoms with Crippen LogP contribution in [0.3, 0.4) is 0 Å². The van der Waals surface area contributed by atoms with Crippen LogP contribution < -0.4 is 10.0 Å². The van der Waals surface area contributed by atoms with Gasteiger partial charge in [-0.3, -0.25) is 0 Å². The summed E-state index contributed by atoms with van der Waals surface area (Å²) in [5.74, 6) is 0.621. The van der Waals surface area contributed by atoms with E-state index >= 15 is 0 Å². The Morgan fingerprint density at radius 3 is 2.60 bits per heavy atom. The largest absolute Gasteiger partial charge is 0.379 e. The number of aromatic nitrogens is 1. The van der Waals surface area contributed by atoms with Gasteiger partial charge in [0.05, 0.1) is 13.2 Å². The summed E-state index contributed by atoms with van der Waals surface area (Å²) in [5, 5.41) is 2.83. The quantitative estimate of drug-likeness (QED) is 0.624. The van der Waals surface area contributed by atoms with E-state index in [2.05, 4.69) is 15.0 Å². The average molecular weight is 302 g/mol. The molecule has 0 aliphatic carbocycles. The van der Waals surface area contributed by atoms with E-state index in [0.717, 1.165) is 6.54 Å². The van der Waals surface area contributed by atoms with Crippen LogP contribution in [-0.2, 0) is 14.8 Å². The van der Waals surface area contributed by atoms with E-state index in [-0.39, 0.29) is 11.4 Å². The molecule has 1 aromatic heterocycles. The van der Waals surface area contributed by atoms with Crippen molar-refractivity contribution in [3.63, 3.8) is 0 Å². The number of ether oxygens (including phenoxy) is 1. The molecule has 0 saturated carbocycles. The van der Waals surface area contributed by atoms with Gasteiger partial charge in [0, 0.05) is 26.3 Å². The first-order chi connectivity index (χ1) is 9.45. The van der Waals surface area contributed by atoms with Crippen LogP contribution in [0.5, 0.6) is 0 Å². The summed E-state index contributed by atoms with van der Waals surface area (Å²) in [6, 6.07) is 3.12. The summed E-state index contributed by atoms with van der Waals surface area (Å²) in [6.07, 6.45) is 1.32. The zero-order chi connectivity index (χ0) is 15.0. The van der Waals surface area contributed by atoms with Gasteiger partial charge in [0.2, 0.25) is 10.0 Å². The first kappa shape index (κ1) is 16.8. The van der Waals surface area contributed by atoms with Crippen LogP contribution >= 0.6 is 0 Å². The minimum absolute atomic E-state index is 0.143. The van der Waals surface area contributed by atoms with Crippen LogP contribution in [0.1, 0.15) is 0 Å². The Morgan fingerprint density at radius 1 is 1.30 bits per heavy atom. The highest BCUT2D eigenvalue weighted by Gasteiger charge is 2.13. The van der Waals surface area contributed by atoms with Crippen molar-refractivity contribution < 1.29 is 13.2 Å². The molecule has 1 aromatic rings. The molecular weight excluding hydrogens is 280 g/mol. The van der Waals surface area contributed by atoms with E-state index in [1.807, 2.05) is 19.0 Å². The lowest BCUT2D eigenvalue weighted by molar-refractivity contribution is 0.122. The average Bonchev–Trinajstić information content (AvgIpc) is 2.42. The fraction of sp³-hybridized carbons (Fsp3) is 0.583. The van der Waals surface area contributed by atoms with E-state index in [0.29, 0.717) is 19.0 Å². The minimum Gasteiger partial charge on any atom is -0.379 e. The highest BCUT2D eigenvalue weighted by Crippen LogP contribution is 2.09. The SMILES string of the molecule is CNc1ccc(S(=O)(=O)NCCOCCN(C)C)cn1. The molecule has 0 unspecified atom stereocenters. The summed E-state index contributed by atoms with van der Waals surface area (Å²) in [4.78, 5) is 6.12. The molecule has 0 fully saturated rings. The monoisotopic (exact) mass is 302 g/mol. The molecule has 1 heterocycles. The zero-order valence-electron chi connectivity index (χ0n) is 12.1. The lowest BCUT2D eigenvalue weighted by Crippen LogP contribution is -2.28. The standard InChI is InChI=1S/C12H22N4O3S/c1-13-12-5-4-11(10-14-12)20(17,18)15-6-8-19-9-7-16(2)3/h4-5,10,15H,6-9H2,1-3H3,(H,13,14). The molecule has 0 aromatic carbocycles. The second-order valence-corrected chi connectivity index (χ2v) is 6.21. The summed E-state index contributed by atoms with van der Waals surface area (Å²) >= 11 is 0. The predicted molar refractivity (Wildman–Crippen MR) is 78.3 cm³/mol. The van der Waals surface area contributed by atoms with Gasteiger partial charge in [-0.25, -0.2) is 18.1 Å². The third kappa shape index (κ3) is 5.83. The Kier molecular flexibility index (Phi) is 6.86. The number of anilines is 1. The lowest BCUT2D eigenvalue weighted by atomic mass is 10.5. The van der Waals surface area contributed by atoms with Crippen molar-refractivity contribution in [2.75, 3.05) is 52.8 Å². The smallest absolute Gasteiger partial charge is 0.242 e. The Balaban J connectivity index is 2.37. The van der Waals surface area contributed by atoms with Gasteiger partial charge in [-0.2, -0.15) is 0 Å². The lowest BCUT2D eigenvalue weighted by Gasteiger charge is -2.10. The van der Waals surface area contributed by atoms with Crippen molar-refractivity contribution in [3.05, 3.63) is 18.3 Å². The van der Waals surface area contributed by atoms with Gasteiger partial charge in [0.15, 0.2) is 0 Å². The van der Waals surface area contributed by atoms with E-state index in [4.69, 9.17) is 4.74 Å². The molecule has 2 N–H and O–H groups in total. The van der Waals surface area contributed by atoms with Gasteiger partial charge in [-0.15, -0.1) is 0 Å². The van der Waals surface area contributed by atoms with Crippen LogP contribution in [0.15, 0.2) is 23.2 Å². The van der Waals surface area contributed by atoms with Gasteiger partial charge in [-0.1, -0.05) is 0 Å². The normalized spacial score (nSPS) is 11.8. The van der Waals surface area contributed by atoms with Crippen molar-refractivity contribution in [3.8, 4) is 0 Å². The van der Waals surface area contributed by atoms with Gasteiger partial charge >= 0.3 is 0 Å². The number of sulfonamides is 1. The summed E-state index contributed by atoms with van der Waals surface area (Å²) in [7, 11) is 2.11. The Labute approximate surface area is 120 Å². The second-order valence-electron chi connectivity index (χ2n) is 4.44. The van der Waals surface area contributed by atoms with Crippen LogP contribution in [0, 0.1) is 0 Å². The molecule has 0 atom stereocenters. The first-order valence-electron chi connectivity index (χ1n) is 6.31. The summed E-state index contributed by atoms with van der Waals surface area (Å²) in [6.45, 7) is 1.97. The third-order valence-electron chi connectivity index (χ3n) is 2.52. The molecule has 20 heavy (non-hydrogen) atoms. The fourth-order valence-corrected chi connectivity index (χ4v) is 2.33. The molecule has 0 aliphatic heterocycles. The van der Waals surface area contributed by atoms with Crippen LogP contribution in [0.4, 0.5) is 5.82 Å². The molecule has 1 rings (SSSR count). The van der Waals surface area contributed by atoms with Gasteiger partial charge in [0.25, 0.3) is 0 Å². The number of hydrogen-bond donors (Lipinski definition) is 2. The number of rotatable bonds is 9. The molecule has 114 valence electrons. The Hall–Kier alpha value is -1.22. The molecule has 8 heteroatoms. The van der Waals surface area contributed by atoms with Crippen LogP contribution in [0.2, 0.25) is 0 Å². The molecule has 0 saturated heterocycles. The van der Waals surface area contributed by atoms with Gasteiger partial charge in [-0.05, 0) is 26.2 Å². The minimum atomic E-state index is -3.52. The molecule has 0 aliphatic rings. The fourth-order valence-electron chi connectivity index (χ4n) is 1.37. The van der Waals surface area contributed by atoms with Crippen molar-refractivity contribution >= 4 is 15.8 Å². The van der Waals surface area contributed by atoms with Crippen molar-refractivity contribution in [2.24, 2.45) is 0 Å². The maximum atomic E-state index is 11.9. The van der Waals surface area contributed by atoms with E-state index in [1.165, 1.54) is 12.3 Å². The van der Waals surface area contributed by atoms with E-state index in [1.54, 1.807) is 13.1 Å². The van der Waals surface area contributed by atoms with Crippen molar-refractivity contribution in [1.82, 2.24) is 14.6 Å². The van der Waals surface area contributed by atoms with Gasteiger partial charge < -0.3 is 15.0 Å². The first-order valence-corrected chi connectivity index (χ1v) is 7.80. The van der Waals surface area contributed by atoms with Crippen LogP contribution in [0.25, 0.3) is 0 Å². The number of nitrogens with one attached hydrogen (secondary N) is 2. The predicted octanol–water partition coefficient (Wildman–Crippen LogP) is -0.0202. The summed E-state index contributed by atoms with van der Waals surface area (Å²) in [5.41, 5.74) is 0. The van der Waals surface area contributed by atoms with Crippen molar-refractivity contribution in [1.29, 1.82) is 0 Å². The topological polar surface area (TPSA) is 83.6 Å². The number of pyridine rings is 1. The Morgan fingerprint density at radius 2 is 2.05 bits per heavy atom. The molecular formula is C12H22N4O3S. The molecule has 0 amide bonds. The maximum Gasteiger partial charge on any atom is 0.242 e. The highest BCUT2D eigenvalue weighted by molar-refractivity contribution is 7.89. The number of nitrogens with zero attached hydrogens (tertiary/aromatic N) is 2. The second kappa shape index (κ2) is 8.15. The molecule has 0 radical (unpaired) electrons. The van der Waals surface area contributed by atoms with E-state index in [9.17, 15) is 8.42 Å². The summed E-state index contributed by atoms with van der Waals surface area (Å²) < 4.78 is 31.7. The Bertz CT molecular complexity index is 488. The number of likely N-dealkylation sites (N-methyl/N-ethyl adjacent to an activating group) is 1. The number of hydrogen-bond acceptors (Lipinski definition) is 6. The molecule has 7 nitrogen and oxygen atoms in total. The zero-order valence-corrected chi connectivity index (χ0v) is 12.9. The third-order valence-corrected chi connectivity index (χ3v) is 3.97. The maximum absolute atomic E-state index is 11.9. The molecule has 0 bridgehead atoms. The highest BCUT2D eigenvalue weighted by atomic mass is 32.2. The van der Waals surface area contributed by atoms with Crippen molar-refractivity contribution in [2.45, 2.75) is 4.90 Å². The molecule has 0 spiro atoms.